The number of nitrogens with zero attached hydrogens (tertiary/aromatic N) is 1. The van der Waals surface area contributed by atoms with Crippen LogP contribution in [0, 0.1) is 11.3 Å². The van der Waals surface area contributed by atoms with Crippen LogP contribution in [0.4, 0.5) is 0 Å². The number of rotatable bonds is 3. The van der Waals surface area contributed by atoms with E-state index < -0.39 is 0 Å². The number of hydrogen-bond donors (Lipinski definition) is 0. The van der Waals surface area contributed by atoms with E-state index in [1.807, 2.05) is 6.07 Å². The number of benzene rings is 1. The highest BCUT2D eigenvalue weighted by atomic mass is 16.5. The molecule has 0 spiro atoms. The Hall–Kier alpha value is -1.82. The maximum Gasteiger partial charge on any atom is 0.310 e. The fraction of sp³-hybridized carbons (Fsp3) is 0.273. The van der Waals surface area contributed by atoms with Gasteiger partial charge in [-0.1, -0.05) is 12.1 Å². The van der Waals surface area contributed by atoms with Crippen LogP contribution in [0.15, 0.2) is 24.3 Å². The van der Waals surface area contributed by atoms with Gasteiger partial charge in [-0.3, -0.25) is 4.79 Å². The van der Waals surface area contributed by atoms with Crippen LogP contribution in [-0.2, 0) is 16.0 Å². The number of carbonyl (C=O) groups excluding carboxylic acids is 1. The summed E-state index contributed by atoms with van der Waals surface area (Å²) in [5, 5.41) is 8.55. The molecule has 3 heteroatoms. The average Bonchev–Trinajstić information content (AvgIpc) is 2.19. The maximum atomic E-state index is 11.1. The van der Waals surface area contributed by atoms with E-state index in [1.165, 1.54) is 0 Å². The molecule has 0 fully saturated rings. The zero-order valence-electron chi connectivity index (χ0n) is 7.99. The van der Waals surface area contributed by atoms with Crippen LogP contribution >= 0.6 is 0 Å². The molecular weight excluding hydrogens is 178 g/mol. The fourth-order valence-corrected chi connectivity index (χ4v) is 1.08. The van der Waals surface area contributed by atoms with Crippen LogP contribution in [0.3, 0.4) is 0 Å². The summed E-state index contributed by atoms with van der Waals surface area (Å²) in [7, 11) is 0. The molecule has 14 heavy (non-hydrogen) atoms. The van der Waals surface area contributed by atoms with Crippen LogP contribution in [0.5, 0.6) is 0 Å². The van der Waals surface area contributed by atoms with Crippen molar-refractivity contribution >= 4 is 5.97 Å². The van der Waals surface area contributed by atoms with Gasteiger partial charge < -0.3 is 4.74 Å². The van der Waals surface area contributed by atoms with E-state index in [0.717, 1.165) is 5.56 Å². The monoisotopic (exact) mass is 189 g/mol. The minimum Gasteiger partial charge on any atom is -0.466 e. The summed E-state index contributed by atoms with van der Waals surface area (Å²) in [4.78, 5) is 11.1. The number of nitriles is 1. The topological polar surface area (TPSA) is 50.1 Å². The smallest absolute Gasteiger partial charge is 0.310 e. The molecule has 0 N–H and O–H groups in total. The van der Waals surface area contributed by atoms with Crippen LogP contribution in [0.25, 0.3) is 0 Å². The highest BCUT2D eigenvalue weighted by Gasteiger charge is 2.02. The van der Waals surface area contributed by atoms with Gasteiger partial charge in [-0.15, -0.1) is 0 Å². The SMILES string of the molecule is CCOC(=O)Cc1ccc(C#N)cc1. The third kappa shape index (κ3) is 2.91. The molecule has 1 rings (SSSR count). The van der Waals surface area contributed by atoms with Crippen molar-refractivity contribution in [1.82, 2.24) is 0 Å². The third-order valence-corrected chi connectivity index (χ3v) is 1.74. The quantitative estimate of drug-likeness (QED) is 0.679. The Balaban J connectivity index is 2.61. The van der Waals surface area contributed by atoms with Gasteiger partial charge in [0.15, 0.2) is 0 Å². The first-order valence-electron chi connectivity index (χ1n) is 4.41. The predicted molar refractivity (Wildman–Crippen MR) is 51.5 cm³/mol. The van der Waals surface area contributed by atoms with E-state index in [4.69, 9.17) is 10.00 Å². The van der Waals surface area contributed by atoms with Crippen molar-refractivity contribution in [2.75, 3.05) is 6.61 Å². The highest BCUT2D eigenvalue weighted by molar-refractivity contribution is 5.72. The van der Waals surface area contributed by atoms with Gasteiger partial charge in [0.05, 0.1) is 24.7 Å². The Labute approximate surface area is 82.9 Å². The summed E-state index contributed by atoms with van der Waals surface area (Å²) in [5.74, 6) is -0.239. The molecule has 1 aromatic carbocycles. The van der Waals surface area contributed by atoms with Gasteiger partial charge in [0.2, 0.25) is 0 Å². The Kier molecular flexibility index (Phi) is 3.69. The number of hydrogen-bond acceptors (Lipinski definition) is 3. The zero-order valence-corrected chi connectivity index (χ0v) is 7.99. The normalized spacial score (nSPS) is 9.14. The van der Waals surface area contributed by atoms with Crippen molar-refractivity contribution < 1.29 is 9.53 Å². The average molecular weight is 189 g/mol. The molecular formula is C11H11NO2. The van der Waals surface area contributed by atoms with Crippen LogP contribution < -0.4 is 0 Å². The first kappa shape index (κ1) is 10.3. The zero-order chi connectivity index (χ0) is 10.4. The number of esters is 1. The Morgan fingerprint density at radius 1 is 1.43 bits per heavy atom. The van der Waals surface area contributed by atoms with Gasteiger partial charge in [0, 0.05) is 0 Å². The molecule has 1 aromatic rings. The lowest BCUT2D eigenvalue weighted by Crippen LogP contribution is -2.07. The second-order valence-corrected chi connectivity index (χ2v) is 2.79. The summed E-state index contributed by atoms with van der Waals surface area (Å²) in [6.07, 6.45) is 0.263. The van der Waals surface area contributed by atoms with E-state index in [2.05, 4.69) is 0 Å². The van der Waals surface area contributed by atoms with Crippen molar-refractivity contribution in [3.63, 3.8) is 0 Å². The van der Waals surface area contributed by atoms with Gasteiger partial charge in [0.25, 0.3) is 0 Å². The van der Waals surface area contributed by atoms with Crippen LogP contribution in [0.2, 0.25) is 0 Å². The molecule has 0 saturated carbocycles. The molecule has 0 aliphatic carbocycles. The van der Waals surface area contributed by atoms with Crippen molar-refractivity contribution in [1.29, 1.82) is 5.26 Å². The van der Waals surface area contributed by atoms with Gasteiger partial charge >= 0.3 is 5.97 Å². The van der Waals surface area contributed by atoms with Gasteiger partial charge in [-0.2, -0.15) is 5.26 Å². The van der Waals surface area contributed by atoms with Crippen molar-refractivity contribution in [2.45, 2.75) is 13.3 Å². The highest BCUT2D eigenvalue weighted by Crippen LogP contribution is 2.04. The first-order valence-corrected chi connectivity index (χ1v) is 4.41. The lowest BCUT2D eigenvalue weighted by atomic mass is 10.1. The van der Waals surface area contributed by atoms with Gasteiger partial charge in [-0.25, -0.2) is 0 Å². The summed E-state index contributed by atoms with van der Waals surface area (Å²) < 4.78 is 4.80. The predicted octanol–water partition coefficient (Wildman–Crippen LogP) is 1.66. The molecule has 0 heterocycles. The van der Waals surface area contributed by atoms with E-state index in [-0.39, 0.29) is 12.4 Å². The van der Waals surface area contributed by atoms with Crippen LogP contribution in [-0.4, -0.2) is 12.6 Å². The molecule has 0 unspecified atom stereocenters. The Morgan fingerprint density at radius 3 is 2.57 bits per heavy atom. The largest absolute Gasteiger partial charge is 0.466 e. The Bertz CT molecular complexity index is 349. The maximum absolute atomic E-state index is 11.1. The molecule has 3 nitrogen and oxygen atoms in total. The van der Waals surface area contributed by atoms with E-state index in [1.54, 1.807) is 31.2 Å². The lowest BCUT2D eigenvalue weighted by Gasteiger charge is -2.01. The minimum absolute atomic E-state index is 0.239. The molecule has 0 bridgehead atoms. The van der Waals surface area contributed by atoms with Crippen LogP contribution in [0.1, 0.15) is 18.1 Å². The third-order valence-electron chi connectivity index (χ3n) is 1.74. The second-order valence-electron chi connectivity index (χ2n) is 2.79. The lowest BCUT2D eigenvalue weighted by molar-refractivity contribution is -0.142. The minimum atomic E-state index is -0.239. The van der Waals surface area contributed by atoms with Crippen molar-refractivity contribution in [2.24, 2.45) is 0 Å². The Morgan fingerprint density at radius 2 is 2.07 bits per heavy atom. The molecule has 0 aliphatic rings. The van der Waals surface area contributed by atoms with Gasteiger partial charge in [-0.05, 0) is 24.6 Å². The molecule has 0 aliphatic heterocycles. The molecule has 0 atom stereocenters. The van der Waals surface area contributed by atoms with Gasteiger partial charge in [0.1, 0.15) is 0 Å². The molecule has 0 radical (unpaired) electrons. The standard InChI is InChI=1S/C11H11NO2/c1-2-14-11(13)7-9-3-5-10(8-12)6-4-9/h3-6H,2,7H2,1H3. The van der Waals surface area contributed by atoms with Crippen molar-refractivity contribution in [3.8, 4) is 6.07 Å². The summed E-state index contributed by atoms with van der Waals surface area (Å²) in [6.45, 7) is 2.17. The summed E-state index contributed by atoms with van der Waals surface area (Å²) >= 11 is 0. The van der Waals surface area contributed by atoms with E-state index >= 15 is 0 Å². The first-order chi connectivity index (χ1) is 6.76. The molecule has 0 saturated heterocycles. The number of carbonyl (C=O) groups is 1. The summed E-state index contributed by atoms with van der Waals surface area (Å²) in [5.41, 5.74) is 1.46. The molecule has 72 valence electrons. The summed E-state index contributed by atoms with van der Waals surface area (Å²) in [6, 6.07) is 8.91. The molecule has 0 amide bonds. The van der Waals surface area contributed by atoms with E-state index in [0.29, 0.717) is 12.2 Å². The fourth-order valence-electron chi connectivity index (χ4n) is 1.08. The van der Waals surface area contributed by atoms with Crippen molar-refractivity contribution in [3.05, 3.63) is 35.4 Å². The molecule has 0 aromatic heterocycles. The van der Waals surface area contributed by atoms with E-state index in [9.17, 15) is 4.79 Å². The number of ether oxygens (including phenoxy) is 1. The second kappa shape index (κ2) is 5.03.